The Balaban J connectivity index is 0.000000561. The van der Waals surface area contributed by atoms with Crippen molar-refractivity contribution in [2.75, 3.05) is 6.54 Å². The Morgan fingerprint density at radius 1 is 1.42 bits per heavy atom. The van der Waals surface area contributed by atoms with E-state index < -0.39 is 12.0 Å². The second kappa shape index (κ2) is 4.74. The minimum Gasteiger partial charge on any atom is -0.480 e. The topological polar surface area (TPSA) is 57.6 Å². The van der Waals surface area contributed by atoms with Crippen molar-refractivity contribution in [3.63, 3.8) is 0 Å². The number of carbonyl (C=O) groups excluding carboxylic acids is 1. The van der Waals surface area contributed by atoms with Gasteiger partial charge in [0.15, 0.2) is 0 Å². The lowest BCUT2D eigenvalue weighted by atomic mass is 10.0. The molecule has 0 aliphatic carbocycles. The lowest BCUT2D eigenvalue weighted by molar-refractivity contribution is -0.156. The van der Waals surface area contributed by atoms with Gasteiger partial charge in [-0.15, -0.1) is 0 Å². The van der Waals surface area contributed by atoms with Crippen LogP contribution in [-0.2, 0) is 9.59 Å². The molecule has 1 fully saturated rings. The van der Waals surface area contributed by atoms with Crippen LogP contribution in [0.5, 0.6) is 0 Å². The highest BCUT2D eigenvalue weighted by molar-refractivity contribution is 5.83. The van der Waals surface area contributed by atoms with Gasteiger partial charge in [-0.05, 0) is 6.42 Å². The van der Waals surface area contributed by atoms with E-state index in [4.69, 9.17) is 5.11 Å². The van der Waals surface area contributed by atoms with Gasteiger partial charge in [0.25, 0.3) is 0 Å². The van der Waals surface area contributed by atoms with Crippen molar-refractivity contribution in [3.8, 4) is 0 Å². The average Bonchev–Trinajstić information content (AvgIpc) is 1.86. The maximum Gasteiger partial charge on any atom is 0.326 e. The second-order valence-electron chi connectivity index (χ2n) is 2.36. The fraction of sp³-hybridized carbons (Fsp3) is 0.750. The summed E-state index contributed by atoms with van der Waals surface area (Å²) in [5.74, 6) is -1.06. The van der Waals surface area contributed by atoms with E-state index in [1.165, 1.54) is 11.8 Å². The van der Waals surface area contributed by atoms with Gasteiger partial charge in [-0.2, -0.15) is 0 Å². The molecule has 70 valence electrons. The Labute approximate surface area is 72.2 Å². The highest BCUT2D eigenvalue weighted by Crippen LogP contribution is 2.16. The molecule has 1 unspecified atom stereocenters. The normalized spacial score (nSPS) is 20.2. The van der Waals surface area contributed by atoms with Crippen LogP contribution in [-0.4, -0.2) is 34.5 Å². The van der Waals surface area contributed by atoms with E-state index in [1.807, 2.05) is 13.8 Å². The van der Waals surface area contributed by atoms with Crippen molar-refractivity contribution in [2.45, 2.75) is 33.2 Å². The first-order valence-corrected chi connectivity index (χ1v) is 4.13. The van der Waals surface area contributed by atoms with Crippen LogP contribution in [0.3, 0.4) is 0 Å². The summed E-state index contributed by atoms with van der Waals surface area (Å²) in [6.45, 7) is 5.97. The number of aliphatic carboxylic acids is 1. The van der Waals surface area contributed by atoms with Gasteiger partial charge in [0, 0.05) is 13.5 Å². The van der Waals surface area contributed by atoms with E-state index in [0.29, 0.717) is 13.0 Å². The largest absolute Gasteiger partial charge is 0.480 e. The molecule has 1 atom stereocenters. The van der Waals surface area contributed by atoms with E-state index in [9.17, 15) is 9.59 Å². The summed E-state index contributed by atoms with van der Waals surface area (Å²) in [6.07, 6.45) is 0.592. The summed E-state index contributed by atoms with van der Waals surface area (Å²) in [5, 5.41) is 8.46. The third-order valence-electron chi connectivity index (χ3n) is 1.71. The van der Waals surface area contributed by atoms with Crippen LogP contribution in [0.15, 0.2) is 0 Å². The monoisotopic (exact) mass is 173 g/mol. The van der Waals surface area contributed by atoms with Gasteiger partial charge in [-0.1, -0.05) is 13.8 Å². The van der Waals surface area contributed by atoms with Gasteiger partial charge in [0.2, 0.25) is 5.91 Å². The van der Waals surface area contributed by atoms with E-state index in [2.05, 4.69) is 0 Å². The lowest BCUT2D eigenvalue weighted by Crippen LogP contribution is -2.54. The van der Waals surface area contributed by atoms with Crippen LogP contribution in [0.2, 0.25) is 0 Å². The van der Waals surface area contributed by atoms with Gasteiger partial charge in [-0.25, -0.2) is 4.79 Å². The van der Waals surface area contributed by atoms with E-state index in [-0.39, 0.29) is 5.91 Å². The summed E-state index contributed by atoms with van der Waals surface area (Å²) in [6, 6.07) is -0.558. The highest BCUT2D eigenvalue weighted by Gasteiger charge is 2.35. The van der Waals surface area contributed by atoms with Crippen molar-refractivity contribution in [1.82, 2.24) is 4.90 Å². The lowest BCUT2D eigenvalue weighted by Gasteiger charge is -2.36. The molecule has 0 aromatic rings. The van der Waals surface area contributed by atoms with Crippen molar-refractivity contribution in [3.05, 3.63) is 0 Å². The molecule has 1 amide bonds. The summed E-state index contributed by atoms with van der Waals surface area (Å²) in [7, 11) is 0. The van der Waals surface area contributed by atoms with Crippen LogP contribution in [0.1, 0.15) is 27.2 Å². The molecular weight excluding hydrogens is 158 g/mol. The predicted octanol–water partition coefficient (Wildman–Crippen LogP) is 0.718. The number of amides is 1. The maximum absolute atomic E-state index is 10.6. The molecule has 1 aliphatic heterocycles. The van der Waals surface area contributed by atoms with Crippen molar-refractivity contribution in [1.29, 1.82) is 0 Å². The van der Waals surface area contributed by atoms with E-state index in [0.717, 1.165) is 0 Å². The van der Waals surface area contributed by atoms with Gasteiger partial charge < -0.3 is 10.0 Å². The van der Waals surface area contributed by atoms with Crippen LogP contribution in [0, 0.1) is 0 Å². The van der Waals surface area contributed by atoms with Gasteiger partial charge >= 0.3 is 5.97 Å². The van der Waals surface area contributed by atoms with E-state index in [1.54, 1.807) is 0 Å². The number of rotatable bonds is 1. The molecule has 1 aliphatic rings. The number of likely N-dealkylation sites (tertiary alicyclic amines) is 1. The zero-order chi connectivity index (χ0) is 9.72. The minimum absolute atomic E-state index is 0.154. The number of carboxylic acid groups (broad SMARTS) is 1. The molecule has 1 N–H and O–H groups in total. The number of carboxylic acids is 1. The minimum atomic E-state index is -0.901. The Kier molecular flexibility index (Phi) is 4.33. The molecule has 0 aromatic carbocycles. The Morgan fingerprint density at radius 3 is 2.00 bits per heavy atom. The standard InChI is InChI=1S/C6H9NO3.C2H6/c1-4(8)7-3-2-5(7)6(9)10;1-2/h5H,2-3H2,1H3,(H,9,10);1-2H3. The quantitative estimate of drug-likeness (QED) is 0.635. The number of hydrogen-bond donors (Lipinski definition) is 1. The maximum atomic E-state index is 10.6. The van der Waals surface area contributed by atoms with Crippen LogP contribution < -0.4 is 0 Å². The smallest absolute Gasteiger partial charge is 0.326 e. The zero-order valence-electron chi connectivity index (χ0n) is 7.70. The molecule has 0 saturated carbocycles. The molecule has 4 nitrogen and oxygen atoms in total. The molecule has 0 radical (unpaired) electrons. The van der Waals surface area contributed by atoms with Gasteiger partial charge in [0.1, 0.15) is 6.04 Å². The summed E-state index contributed by atoms with van der Waals surface area (Å²) in [5.41, 5.74) is 0. The van der Waals surface area contributed by atoms with Gasteiger partial charge in [-0.3, -0.25) is 4.79 Å². The fourth-order valence-electron chi connectivity index (χ4n) is 1.02. The second-order valence-corrected chi connectivity index (χ2v) is 2.36. The summed E-state index contributed by atoms with van der Waals surface area (Å²) < 4.78 is 0. The van der Waals surface area contributed by atoms with Crippen molar-refractivity contribution in [2.24, 2.45) is 0 Å². The molecule has 12 heavy (non-hydrogen) atoms. The predicted molar refractivity (Wildman–Crippen MR) is 44.8 cm³/mol. The first kappa shape index (κ1) is 10.9. The Bertz CT molecular complexity index is 159. The van der Waals surface area contributed by atoms with Crippen LogP contribution in [0.4, 0.5) is 0 Å². The molecule has 1 saturated heterocycles. The first-order valence-electron chi connectivity index (χ1n) is 4.13. The number of carbonyl (C=O) groups is 2. The Hall–Kier alpha value is -1.06. The summed E-state index contributed by atoms with van der Waals surface area (Å²) in [4.78, 5) is 22.3. The van der Waals surface area contributed by atoms with Gasteiger partial charge in [0.05, 0.1) is 0 Å². The van der Waals surface area contributed by atoms with E-state index >= 15 is 0 Å². The van der Waals surface area contributed by atoms with Crippen LogP contribution >= 0.6 is 0 Å². The molecular formula is C8H15NO3. The number of hydrogen-bond acceptors (Lipinski definition) is 2. The van der Waals surface area contributed by atoms with Crippen LogP contribution in [0.25, 0.3) is 0 Å². The molecule has 0 spiro atoms. The zero-order valence-corrected chi connectivity index (χ0v) is 7.70. The average molecular weight is 173 g/mol. The molecule has 1 heterocycles. The fourth-order valence-corrected chi connectivity index (χ4v) is 1.02. The molecule has 0 aromatic heterocycles. The Morgan fingerprint density at radius 2 is 1.92 bits per heavy atom. The van der Waals surface area contributed by atoms with Crippen molar-refractivity contribution >= 4 is 11.9 Å². The third-order valence-corrected chi connectivity index (χ3v) is 1.71. The highest BCUT2D eigenvalue weighted by atomic mass is 16.4. The third kappa shape index (κ3) is 2.22. The summed E-state index contributed by atoms with van der Waals surface area (Å²) >= 11 is 0. The molecule has 0 bridgehead atoms. The number of nitrogens with zero attached hydrogens (tertiary/aromatic N) is 1. The first-order chi connectivity index (χ1) is 5.63. The molecule has 1 rings (SSSR count). The SMILES string of the molecule is CC.CC(=O)N1CCC1C(=O)O. The van der Waals surface area contributed by atoms with Crippen molar-refractivity contribution < 1.29 is 14.7 Å². The molecule has 4 heteroatoms.